The van der Waals surface area contributed by atoms with Crippen molar-refractivity contribution in [1.82, 2.24) is 14.4 Å². The van der Waals surface area contributed by atoms with Gasteiger partial charge in [0, 0.05) is 24.7 Å². The molecular weight excluding hydrogens is 398 g/mol. The molecule has 4 aromatic rings. The number of imidazole rings is 1. The molecule has 2 aromatic heterocycles. The quantitative estimate of drug-likeness (QED) is 0.366. The topological polar surface area (TPSA) is 59.7 Å². The van der Waals surface area contributed by atoms with E-state index in [0.717, 1.165) is 42.8 Å². The summed E-state index contributed by atoms with van der Waals surface area (Å²) in [5, 5.41) is -1.49. The van der Waals surface area contributed by atoms with Crippen molar-refractivity contribution in [2.24, 2.45) is 5.92 Å². The molecule has 32 heavy (non-hydrogen) atoms. The first kappa shape index (κ1) is 20.6. The molecule has 0 amide bonds. The van der Waals surface area contributed by atoms with E-state index in [1.54, 1.807) is 24.3 Å². The number of piperidine rings is 1. The van der Waals surface area contributed by atoms with Crippen LogP contribution in [0.1, 0.15) is 29.6 Å². The third kappa shape index (κ3) is 4.22. The van der Waals surface area contributed by atoms with E-state index >= 15 is 0 Å². The van der Waals surface area contributed by atoms with Gasteiger partial charge in [-0.3, -0.25) is 4.40 Å². The highest BCUT2D eigenvalue weighted by atomic mass is 16.5. The third-order valence-electron chi connectivity index (χ3n) is 6.00. The molecule has 0 N–H and O–H groups in total. The first-order valence-electron chi connectivity index (χ1n) is 10.8. The number of esters is 1. The number of ether oxygens (including phenoxy) is 1. The van der Waals surface area contributed by atoms with E-state index in [1.165, 1.54) is 0 Å². The van der Waals surface area contributed by atoms with Crippen molar-refractivity contribution in [3.63, 3.8) is 0 Å². The maximum Gasteiger partial charge on any atom is 0.337 e. The number of carbonyl (C=O) groups is 1. The van der Waals surface area contributed by atoms with Gasteiger partial charge in [-0.05, 0) is 55.5 Å². The summed E-state index contributed by atoms with van der Waals surface area (Å²) in [5.74, 6) is 1.37. The van der Waals surface area contributed by atoms with Crippen LogP contribution < -0.4 is 4.90 Å². The second kappa shape index (κ2) is 8.34. The maximum absolute atomic E-state index is 12.3. The zero-order chi connectivity index (χ0) is 22.1. The van der Waals surface area contributed by atoms with E-state index in [4.69, 9.17) is 25.4 Å². The molecule has 0 bridgehead atoms. The Balaban J connectivity index is 1.21. The minimum absolute atomic E-state index is 0.266. The van der Waals surface area contributed by atoms with Crippen LogP contribution in [0.4, 0.5) is 5.82 Å². The van der Waals surface area contributed by atoms with Gasteiger partial charge in [0.25, 0.3) is 0 Å². The molecule has 2 aromatic carbocycles. The van der Waals surface area contributed by atoms with Crippen molar-refractivity contribution in [2.75, 3.05) is 18.0 Å². The molecule has 156 valence electrons. The summed E-state index contributed by atoms with van der Waals surface area (Å²) in [7, 11) is 12.3. The highest BCUT2D eigenvalue weighted by Gasteiger charge is 2.29. The van der Waals surface area contributed by atoms with Crippen LogP contribution in [-0.2, 0) is 4.74 Å². The van der Waals surface area contributed by atoms with Crippen LogP contribution >= 0.6 is 0 Å². The third-order valence-corrected chi connectivity index (χ3v) is 6.00. The van der Waals surface area contributed by atoms with Gasteiger partial charge in [0.15, 0.2) is 0 Å². The Kier molecular flexibility index (Phi) is 5.37. The van der Waals surface area contributed by atoms with Crippen molar-refractivity contribution in [2.45, 2.75) is 24.7 Å². The molecule has 6 nitrogen and oxygen atoms in total. The van der Waals surface area contributed by atoms with Gasteiger partial charge in [0.2, 0.25) is 5.78 Å². The fourth-order valence-corrected chi connectivity index (χ4v) is 4.38. The van der Waals surface area contributed by atoms with Gasteiger partial charge >= 0.3 is 5.97 Å². The summed E-state index contributed by atoms with van der Waals surface area (Å²) >= 11 is 0. The largest absolute Gasteiger partial charge is 0.476 e. The van der Waals surface area contributed by atoms with Crippen LogP contribution in [0.25, 0.3) is 16.8 Å². The number of carbonyl (C=O) groups excluding carboxylic acids is 1. The number of hydrogen-bond donors (Lipinski definition) is 0. The minimum atomic E-state index is -1.49. The van der Waals surface area contributed by atoms with Gasteiger partial charge in [-0.15, -0.1) is 0 Å². The van der Waals surface area contributed by atoms with E-state index in [0.29, 0.717) is 17.8 Å². The molecule has 5 rings (SSSR count). The van der Waals surface area contributed by atoms with Gasteiger partial charge in [0.05, 0.1) is 16.6 Å². The molecule has 1 aliphatic rings. The highest BCUT2D eigenvalue weighted by molar-refractivity contribution is 6.39. The van der Waals surface area contributed by atoms with Gasteiger partial charge in [0.1, 0.15) is 21.5 Å². The first-order chi connectivity index (χ1) is 15.5. The number of benzene rings is 2. The molecule has 0 aliphatic carbocycles. The zero-order valence-corrected chi connectivity index (χ0v) is 17.7. The monoisotopic (exact) mass is 420 g/mol. The fraction of sp³-hybridized carbons (Fsp3) is 0.292. The van der Waals surface area contributed by atoms with Gasteiger partial charge in [-0.25, -0.2) is 9.78 Å². The predicted molar refractivity (Wildman–Crippen MR) is 126 cm³/mol. The summed E-state index contributed by atoms with van der Waals surface area (Å²) < 4.78 is 7.40. The minimum Gasteiger partial charge on any atom is -0.476 e. The number of rotatable bonds is 5. The Hall–Kier alpha value is -3.28. The second-order valence-corrected chi connectivity index (χ2v) is 8.40. The van der Waals surface area contributed by atoms with Crippen molar-refractivity contribution >= 4 is 44.3 Å². The highest BCUT2D eigenvalue weighted by Crippen LogP contribution is 2.29. The lowest BCUT2D eigenvalue weighted by Gasteiger charge is -2.37. The maximum atomic E-state index is 12.3. The number of aromatic nitrogens is 3. The Labute approximate surface area is 189 Å². The number of anilines is 1. The van der Waals surface area contributed by atoms with E-state index in [9.17, 15) is 4.79 Å². The number of para-hydroxylation sites is 2. The van der Waals surface area contributed by atoms with Crippen molar-refractivity contribution in [3.05, 3.63) is 72.4 Å². The normalized spacial score (nSPS) is 15.3. The standard InChI is InChI=1S/C24H22B2N4O2/c25-24(26,32-22(31)18-6-2-1-3-7-18)16-17-10-13-29(14-11-17)21-12-15-30-20-9-5-4-8-19(20)27-23(30)28-21/h1-9,12,15,17H,10-11,13-14,16H2. The number of nitrogens with zero attached hydrogens (tertiary/aromatic N) is 4. The molecular formula is C24H22B2N4O2. The van der Waals surface area contributed by atoms with Crippen LogP contribution in [-0.4, -0.2) is 54.5 Å². The van der Waals surface area contributed by atoms with E-state index in [-0.39, 0.29) is 5.92 Å². The molecule has 0 unspecified atom stereocenters. The van der Waals surface area contributed by atoms with Crippen molar-refractivity contribution < 1.29 is 9.53 Å². The number of fused-ring (bicyclic) bond motifs is 3. The second-order valence-electron chi connectivity index (χ2n) is 8.40. The zero-order valence-electron chi connectivity index (χ0n) is 17.7. The van der Waals surface area contributed by atoms with Crippen LogP contribution in [0.3, 0.4) is 0 Å². The van der Waals surface area contributed by atoms with Crippen LogP contribution in [0.15, 0.2) is 66.9 Å². The molecule has 3 heterocycles. The molecule has 1 aliphatic heterocycles. The van der Waals surface area contributed by atoms with Gasteiger partial charge < -0.3 is 9.64 Å². The van der Waals surface area contributed by atoms with E-state index in [1.807, 2.05) is 47.0 Å². The molecule has 4 radical (unpaired) electrons. The van der Waals surface area contributed by atoms with E-state index < -0.39 is 11.4 Å². The Morgan fingerprint density at radius 1 is 1.00 bits per heavy atom. The van der Waals surface area contributed by atoms with Crippen molar-refractivity contribution in [1.29, 1.82) is 0 Å². The van der Waals surface area contributed by atoms with Gasteiger partial charge in [-0.1, -0.05) is 30.3 Å². The van der Waals surface area contributed by atoms with Crippen LogP contribution in [0.2, 0.25) is 0 Å². The lowest BCUT2D eigenvalue weighted by Crippen LogP contribution is -2.42. The van der Waals surface area contributed by atoms with Crippen molar-refractivity contribution in [3.8, 4) is 0 Å². The summed E-state index contributed by atoms with van der Waals surface area (Å²) in [6, 6.07) is 18.8. The SMILES string of the molecule is [B]C([B])(CC1CCN(c2ccn3c(n2)nc2ccccc23)CC1)OC(=O)c1ccccc1. The summed E-state index contributed by atoms with van der Waals surface area (Å²) in [5.41, 5.74) is 2.42. The summed E-state index contributed by atoms with van der Waals surface area (Å²) in [6.07, 6.45) is 4.22. The molecule has 1 saturated heterocycles. The Morgan fingerprint density at radius 3 is 2.50 bits per heavy atom. The Morgan fingerprint density at radius 2 is 1.72 bits per heavy atom. The average Bonchev–Trinajstić information content (AvgIpc) is 3.17. The first-order valence-corrected chi connectivity index (χ1v) is 10.8. The molecule has 0 spiro atoms. The summed E-state index contributed by atoms with van der Waals surface area (Å²) in [6.45, 7) is 1.66. The molecule has 8 heteroatoms. The van der Waals surface area contributed by atoms with Crippen LogP contribution in [0, 0.1) is 5.92 Å². The van der Waals surface area contributed by atoms with E-state index in [2.05, 4.69) is 9.88 Å². The number of hydrogen-bond acceptors (Lipinski definition) is 5. The molecule has 0 saturated carbocycles. The summed E-state index contributed by atoms with van der Waals surface area (Å²) in [4.78, 5) is 24.0. The fourth-order valence-electron chi connectivity index (χ4n) is 4.38. The smallest absolute Gasteiger partial charge is 0.337 e. The lowest BCUT2D eigenvalue weighted by molar-refractivity contribution is 0.0315. The van der Waals surface area contributed by atoms with Gasteiger partial charge in [-0.2, -0.15) is 4.98 Å². The predicted octanol–water partition coefficient (Wildman–Crippen LogP) is 3.34. The lowest BCUT2D eigenvalue weighted by atomic mass is 9.60. The molecule has 0 atom stereocenters. The van der Waals surface area contributed by atoms with Crippen LogP contribution in [0.5, 0.6) is 0 Å². The Bertz CT molecular complexity index is 1250. The average molecular weight is 420 g/mol. The molecule has 1 fully saturated rings.